The molecule has 0 aromatic carbocycles. The molecule has 0 amide bonds. The van der Waals surface area contributed by atoms with E-state index in [-0.39, 0.29) is 6.29 Å². The lowest BCUT2D eigenvalue weighted by Crippen LogP contribution is -2.29. The molecule has 0 radical (unpaired) electrons. The Labute approximate surface area is 81.6 Å². The quantitative estimate of drug-likeness (QED) is 0.614. The van der Waals surface area contributed by atoms with Crippen molar-refractivity contribution in [1.82, 2.24) is 0 Å². The summed E-state index contributed by atoms with van der Waals surface area (Å²) in [5.41, 5.74) is 0. The lowest BCUT2D eigenvalue weighted by Gasteiger charge is -2.29. The van der Waals surface area contributed by atoms with Crippen LogP contribution in [-0.2, 0) is 9.47 Å². The molecular weight excluding hydrogens is 164 g/mol. The molecule has 0 spiro atoms. The Kier molecular flexibility index (Phi) is 5.40. The molecule has 0 heterocycles. The molecule has 1 aliphatic carbocycles. The number of rotatable bonds is 5. The van der Waals surface area contributed by atoms with Gasteiger partial charge < -0.3 is 9.47 Å². The van der Waals surface area contributed by atoms with Gasteiger partial charge in [0.25, 0.3) is 0 Å². The molecule has 2 heteroatoms. The van der Waals surface area contributed by atoms with E-state index in [0.29, 0.717) is 5.92 Å². The molecular formula is C11H22O2. The Morgan fingerprint density at radius 1 is 1.00 bits per heavy atom. The summed E-state index contributed by atoms with van der Waals surface area (Å²) in [5, 5.41) is 0. The maximum absolute atomic E-state index is 5.60. The molecule has 0 bridgehead atoms. The molecule has 0 saturated heterocycles. The first-order valence-electron chi connectivity index (χ1n) is 5.61. The van der Waals surface area contributed by atoms with Gasteiger partial charge in [-0.1, -0.05) is 19.3 Å². The van der Waals surface area contributed by atoms with E-state index >= 15 is 0 Å². The van der Waals surface area contributed by atoms with Gasteiger partial charge >= 0.3 is 0 Å². The smallest absolute Gasteiger partial charge is 0.160 e. The Balaban J connectivity index is 2.32. The number of hydrogen-bond donors (Lipinski definition) is 0. The molecule has 1 rings (SSSR count). The monoisotopic (exact) mass is 186 g/mol. The van der Waals surface area contributed by atoms with Gasteiger partial charge in [-0.05, 0) is 26.7 Å². The third-order valence-corrected chi connectivity index (χ3v) is 2.70. The van der Waals surface area contributed by atoms with Crippen LogP contribution in [0.1, 0.15) is 46.0 Å². The van der Waals surface area contributed by atoms with Crippen molar-refractivity contribution < 1.29 is 9.47 Å². The summed E-state index contributed by atoms with van der Waals surface area (Å²) < 4.78 is 11.2. The second-order valence-corrected chi connectivity index (χ2v) is 3.68. The molecule has 1 saturated carbocycles. The van der Waals surface area contributed by atoms with E-state index in [9.17, 15) is 0 Å². The first-order chi connectivity index (χ1) is 6.38. The van der Waals surface area contributed by atoms with Crippen LogP contribution in [0.5, 0.6) is 0 Å². The molecule has 0 aromatic rings. The molecule has 0 unspecified atom stereocenters. The van der Waals surface area contributed by atoms with Crippen LogP contribution in [-0.4, -0.2) is 19.5 Å². The van der Waals surface area contributed by atoms with Crippen molar-refractivity contribution in [2.75, 3.05) is 13.2 Å². The average molecular weight is 186 g/mol. The van der Waals surface area contributed by atoms with Crippen molar-refractivity contribution in [3.05, 3.63) is 0 Å². The number of ether oxygens (including phenoxy) is 2. The lowest BCUT2D eigenvalue weighted by molar-refractivity contribution is -0.172. The highest BCUT2D eigenvalue weighted by Crippen LogP contribution is 2.28. The first-order valence-corrected chi connectivity index (χ1v) is 5.61. The van der Waals surface area contributed by atoms with E-state index in [1.807, 2.05) is 13.8 Å². The Hall–Kier alpha value is -0.0800. The van der Waals surface area contributed by atoms with Crippen LogP contribution in [0.4, 0.5) is 0 Å². The van der Waals surface area contributed by atoms with E-state index in [1.54, 1.807) is 0 Å². The zero-order valence-corrected chi connectivity index (χ0v) is 8.92. The van der Waals surface area contributed by atoms with Crippen LogP contribution in [0.15, 0.2) is 0 Å². The van der Waals surface area contributed by atoms with Crippen molar-refractivity contribution >= 4 is 0 Å². The summed E-state index contributed by atoms with van der Waals surface area (Å²) >= 11 is 0. The molecule has 1 fully saturated rings. The van der Waals surface area contributed by atoms with Crippen LogP contribution in [0, 0.1) is 5.92 Å². The summed E-state index contributed by atoms with van der Waals surface area (Å²) in [6, 6.07) is 0. The third kappa shape index (κ3) is 3.65. The minimum Gasteiger partial charge on any atom is -0.353 e. The van der Waals surface area contributed by atoms with Crippen LogP contribution >= 0.6 is 0 Å². The van der Waals surface area contributed by atoms with E-state index in [1.165, 1.54) is 32.1 Å². The SMILES string of the molecule is CCOC(OCC)C1CCCCC1. The van der Waals surface area contributed by atoms with Gasteiger partial charge in [0.15, 0.2) is 6.29 Å². The van der Waals surface area contributed by atoms with E-state index in [4.69, 9.17) is 9.47 Å². The van der Waals surface area contributed by atoms with E-state index in [2.05, 4.69) is 0 Å². The molecule has 13 heavy (non-hydrogen) atoms. The molecule has 0 N–H and O–H groups in total. The van der Waals surface area contributed by atoms with Crippen LogP contribution in [0.25, 0.3) is 0 Å². The van der Waals surface area contributed by atoms with E-state index in [0.717, 1.165) is 13.2 Å². The topological polar surface area (TPSA) is 18.5 Å². The maximum Gasteiger partial charge on any atom is 0.160 e. The maximum atomic E-state index is 5.60. The molecule has 0 aromatic heterocycles. The highest BCUT2D eigenvalue weighted by molar-refractivity contribution is 4.68. The normalized spacial score (nSPS) is 19.6. The lowest BCUT2D eigenvalue weighted by atomic mass is 9.89. The van der Waals surface area contributed by atoms with Crippen molar-refractivity contribution in [1.29, 1.82) is 0 Å². The summed E-state index contributed by atoms with van der Waals surface area (Å²) in [4.78, 5) is 0. The summed E-state index contributed by atoms with van der Waals surface area (Å²) in [7, 11) is 0. The Bertz CT molecular complexity index is 113. The molecule has 1 aliphatic rings. The second kappa shape index (κ2) is 6.39. The van der Waals surface area contributed by atoms with Crippen molar-refractivity contribution in [3.63, 3.8) is 0 Å². The molecule has 0 aliphatic heterocycles. The van der Waals surface area contributed by atoms with Gasteiger partial charge in [0.1, 0.15) is 0 Å². The fraction of sp³-hybridized carbons (Fsp3) is 1.00. The zero-order chi connectivity index (χ0) is 9.52. The van der Waals surface area contributed by atoms with Gasteiger partial charge in [0.05, 0.1) is 0 Å². The highest BCUT2D eigenvalue weighted by Gasteiger charge is 2.23. The summed E-state index contributed by atoms with van der Waals surface area (Å²) in [6.07, 6.45) is 6.72. The van der Waals surface area contributed by atoms with Crippen molar-refractivity contribution in [2.24, 2.45) is 5.92 Å². The largest absolute Gasteiger partial charge is 0.353 e. The van der Waals surface area contributed by atoms with Crippen molar-refractivity contribution in [3.8, 4) is 0 Å². The van der Waals surface area contributed by atoms with Gasteiger partial charge in [-0.3, -0.25) is 0 Å². The summed E-state index contributed by atoms with van der Waals surface area (Å²) in [5.74, 6) is 0.647. The third-order valence-electron chi connectivity index (χ3n) is 2.70. The predicted molar refractivity (Wildman–Crippen MR) is 53.6 cm³/mol. The highest BCUT2D eigenvalue weighted by atomic mass is 16.7. The molecule has 2 nitrogen and oxygen atoms in total. The predicted octanol–water partition coefficient (Wildman–Crippen LogP) is 2.97. The Morgan fingerprint density at radius 2 is 1.54 bits per heavy atom. The van der Waals surface area contributed by atoms with Crippen LogP contribution in [0.3, 0.4) is 0 Å². The van der Waals surface area contributed by atoms with Crippen LogP contribution < -0.4 is 0 Å². The minimum absolute atomic E-state index is 0.0651. The summed E-state index contributed by atoms with van der Waals surface area (Å²) in [6.45, 7) is 5.60. The molecule has 0 atom stereocenters. The minimum atomic E-state index is 0.0651. The van der Waals surface area contributed by atoms with Gasteiger partial charge in [-0.2, -0.15) is 0 Å². The standard InChI is InChI=1S/C11H22O2/c1-3-12-11(13-4-2)10-8-6-5-7-9-10/h10-11H,3-9H2,1-2H3. The number of hydrogen-bond acceptors (Lipinski definition) is 2. The van der Waals surface area contributed by atoms with E-state index < -0.39 is 0 Å². The van der Waals surface area contributed by atoms with Gasteiger partial charge in [0, 0.05) is 19.1 Å². The first kappa shape index (κ1) is 11.0. The van der Waals surface area contributed by atoms with Gasteiger partial charge in [-0.25, -0.2) is 0 Å². The van der Waals surface area contributed by atoms with Crippen molar-refractivity contribution in [2.45, 2.75) is 52.2 Å². The average Bonchev–Trinajstić information content (AvgIpc) is 2.19. The Morgan fingerprint density at radius 3 is 2.00 bits per heavy atom. The van der Waals surface area contributed by atoms with Gasteiger partial charge in [-0.15, -0.1) is 0 Å². The second-order valence-electron chi connectivity index (χ2n) is 3.68. The van der Waals surface area contributed by atoms with Gasteiger partial charge in [0.2, 0.25) is 0 Å². The fourth-order valence-corrected chi connectivity index (χ4v) is 2.06. The zero-order valence-electron chi connectivity index (χ0n) is 8.92. The molecule has 78 valence electrons. The fourth-order valence-electron chi connectivity index (χ4n) is 2.06. The van der Waals surface area contributed by atoms with Crippen LogP contribution in [0.2, 0.25) is 0 Å².